The molecule has 1 aromatic heterocycles. The summed E-state index contributed by atoms with van der Waals surface area (Å²) in [6.45, 7) is 4.57. The van der Waals surface area contributed by atoms with Crippen molar-refractivity contribution < 1.29 is 4.79 Å². The summed E-state index contributed by atoms with van der Waals surface area (Å²) in [6.07, 6.45) is 2.44. The summed E-state index contributed by atoms with van der Waals surface area (Å²) < 4.78 is 0. The van der Waals surface area contributed by atoms with Crippen LogP contribution in [0.1, 0.15) is 32.4 Å². The van der Waals surface area contributed by atoms with Gasteiger partial charge in [-0.3, -0.25) is 9.89 Å². The van der Waals surface area contributed by atoms with Gasteiger partial charge in [-0.1, -0.05) is 20.3 Å². The van der Waals surface area contributed by atoms with Crippen molar-refractivity contribution in [3.05, 3.63) is 11.8 Å². The Labute approximate surface area is 95.8 Å². The van der Waals surface area contributed by atoms with Crippen LogP contribution in [-0.2, 0) is 11.2 Å². The van der Waals surface area contributed by atoms with E-state index in [1.165, 1.54) is 0 Å². The number of rotatable bonds is 6. The molecule has 0 fully saturated rings. The van der Waals surface area contributed by atoms with Gasteiger partial charge < -0.3 is 11.1 Å². The standard InChI is InChI=1S/C11H20N4O/c1-3-4-9-6-10(15-14-9)13-11(16)5-8(2)7-12/h6,8H,3-5,7,12H2,1-2H3,(H2,13,14,15,16). The highest BCUT2D eigenvalue weighted by Crippen LogP contribution is 2.09. The summed E-state index contributed by atoms with van der Waals surface area (Å²) >= 11 is 0. The van der Waals surface area contributed by atoms with Gasteiger partial charge in [-0.2, -0.15) is 5.10 Å². The maximum absolute atomic E-state index is 11.5. The number of carbonyl (C=O) groups is 1. The topological polar surface area (TPSA) is 83.8 Å². The molecule has 0 saturated heterocycles. The van der Waals surface area contributed by atoms with Crippen LogP contribution in [-0.4, -0.2) is 22.6 Å². The molecule has 0 radical (unpaired) electrons. The molecule has 1 aromatic rings. The summed E-state index contributed by atoms with van der Waals surface area (Å²) in [6, 6.07) is 1.87. The third kappa shape index (κ3) is 4.02. The van der Waals surface area contributed by atoms with E-state index in [1.54, 1.807) is 0 Å². The second-order valence-electron chi connectivity index (χ2n) is 4.12. The van der Waals surface area contributed by atoms with Crippen LogP contribution < -0.4 is 11.1 Å². The molecule has 1 unspecified atom stereocenters. The van der Waals surface area contributed by atoms with E-state index >= 15 is 0 Å². The third-order valence-electron chi connectivity index (χ3n) is 2.35. The lowest BCUT2D eigenvalue weighted by Crippen LogP contribution is -2.20. The minimum atomic E-state index is -0.0347. The fourth-order valence-corrected chi connectivity index (χ4v) is 1.42. The van der Waals surface area contributed by atoms with E-state index in [2.05, 4.69) is 22.4 Å². The van der Waals surface area contributed by atoms with Gasteiger partial charge in [-0.05, 0) is 18.9 Å². The van der Waals surface area contributed by atoms with Gasteiger partial charge in [0, 0.05) is 18.2 Å². The number of nitrogens with two attached hydrogens (primary N) is 1. The van der Waals surface area contributed by atoms with Crippen molar-refractivity contribution in [2.45, 2.75) is 33.1 Å². The molecule has 0 aliphatic carbocycles. The summed E-state index contributed by atoms with van der Waals surface area (Å²) in [4.78, 5) is 11.5. The zero-order valence-electron chi connectivity index (χ0n) is 9.92. The van der Waals surface area contributed by atoms with E-state index in [4.69, 9.17) is 5.73 Å². The minimum Gasteiger partial charge on any atom is -0.330 e. The monoisotopic (exact) mass is 224 g/mol. The van der Waals surface area contributed by atoms with Crippen LogP contribution in [0.2, 0.25) is 0 Å². The molecule has 0 bridgehead atoms. The van der Waals surface area contributed by atoms with Crippen LogP contribution in [0, 0.1) is 5.92 Å². The quantitative estimate of drug-likeness (QED) is 0.680. The van der Waals surface area contributed by atoms with Crippen LogP contribution in [0.3, 0.4) is 0 Å². The Bertz CT molecular complexity index is 334. The van der Waals surface area contributed by atoms with Gasteiger partial charge in [0.15, 0.2) is 5.82 Å². The largest absolute Gasteiger partial charge is 0.330 e. The van der Waals surface area contributed by atoms with Crippen molar-refractivity contribution in [2.75, 3.05) is 11.9 Å². The zero-order chi connectivity index (χ0) is 12.0. The van der Waals surface area contributed by atoms with Crippen LogP contribution in [0.25, 0.3) is 0 Å². The number of aromatic nitrogens is 2. The maximum Gasteiger partial charge on any atom is 0.225 e. The molecule has 0 aliphatic heterocycles. The minimum absolute atomic E-state index is 0.0347. The summed E-state index contributed by atoms with van der Waals surface area (Å²) in [5.74, 6) is 0.763. The first kappa shape index (κ1) is 12.7. The lowest BCUT2D eigenvalue weighted by atomic mass is 10.1. The molecule has 0 saturated carbocycles. The first-order valence-electron chi connectivity index (χ1n) is 5.69. The van der Waals surface area contributed by atoms with Gasteiger partial charge in [-0.15, -0.1) is 0 Å². The van der Waals surface area contributed by atoms with Crippen LogP contribution in [0.15, 0.2) is 6.07 Å². The number of H-pyrrole nitrogens is 1. The van der Waals surface area contributed by atoms with Crippen molar-refractivity contribution in [1.29, 1.82) is 0 Å². The Morgan fingerprint density at radius 2 is 2.44 bits per heavy atom. The number of nitrogens with one attached hydrogen (secondary N) is 2. The van der Waals surface area contributed by atoms with Gasteiger partial charge in [0.25, 0.3) is 0 Å². The average molecular weight is 224 g/mol. The number of carbonyl (C=O) groups excluding carboxylic acids is 1. The molecule has 1 heterocycles. The number of anilines is 1. The van der Waals surface area contributed by atoms with Gasteiger partial charge in [0.05, 0.1) is 0 Å². The first-order valence-corrected chi connectivity index (χ1v) is 5.69. The van der Waals surface area contributed by atoms with Gasteiger partial charge in [-0.25, -0.2) is 0 Å². The molecular formula is C11H20N4O. The first-order chi connectivity index (χ1) is 7.65. The Morgan fingerprint density at radius 3 is 3.06 bits per heavy atom. The average Bonchev–Trinajstić information content (AvgIpc) is 2.65. The molecular weight excluding hydrogens is 204 g/mol. The van der Waals surface area contributed by atoms with E-state index in [9.17, 15) is 4.79 Å². The molecule has 1 atom stereocenters. The number of hydrogen-bond acceptors (Lipinski definition) is 3. The SMILES string of the molecule is CCCc1cc(NC(=O)CC(C)CN)n[nH]1. The normalized spacial score (nSPS) is 12.4. The third-order valence-corrected chi connectivity index (χ3v) is 2.35. The zero-order valence-corrected chi connectivity index (χ0v) is 9.92. The van der Waals surface area contributed by atoms with E-state index in [1.807, 2.05) is 13.0 Å². The molecule has 90 valence electrons. The summed E-state index contributed by atoms with van der Waals surface area (Å²) in [5, 5.41) is 9.66. The highest BCUT2D eigenvalue weighted by molar-refractivity contribution is 5.89. The van der Waals surface area contributed by atoms with E-state index in [0.29, 0.717) is 18.8 Å². The molecule has 5 heteroatoms. The number of nitrogens with zero attached hydrogens (tertiary/aromatic N) is 1. The fourth-order valence-electron chi connectivity index (χ4n) is 1.42. The number of hydrogen-bond donors (Lipinski definition) is 3. The van der Waals surface area contributed by atoms with Gasteiger partial charge >= 0.3 is 0 Å². The van der Waals surface area contributed by atoms with Crippen LogP contribution in [0.4, 0.5) is 5.82 Å². The molecule has 1 amide bonds. The van der Waals surface area contributed by atoms with Gasteiger partial charge in [0.1, 0.15) is 0 Å². The van der Waals surface area contributed by atoms with E-state index < -0.39 is 0 Å². The van der Waals surface area contributed by atoms with E-state index in [-0.39, 0.29) is 11.8 Å². The van der Waals surface area contributed by atoms with Crippen molar-refractivity contribution in [3.63, 3.8) is 0 Å². The number of amides is 1. The molecule has 16 heavy (non-hydrogen) atoms. The van der Waals surface area contributed by atoms with E-state index in [0.717, 1.165) is 18.5 Å². The number of aryl methyl sites for hydroxylation is 1. The predicted octanol–water partition coefficient (Wildman–Crippen LogP) is 1.29. The highest BCUT2D eigenvalue weighted by atomic mass is 16.1. The summed E-state index contributed by atoms with van der Waals surface area (Å²) in [5.41, 5.74) is 6.50. The molecule has 5 nitrogen and oxygen atoms in total. The number of aromatic amines is 1. The fraction of sp³-hybridized carbons (Fsp3) is 0.636. The van der Waals surface area contributed by atoms with Crippen molar-refractivity contribution >= 4 is 11.7 Å². The van der Waals surface area contributed by atoms with Gasteiger partial charge in [0.2, 0.25) is 5.91 Å². The Kier molecular flexibility index (Phi) is 4.98. The lowest BCUT2D eigenvalue weighted by molar-refractivity contribution is -0.116. The molecule has 4 N–H and O–H groups in total. The molecule has 0 aromatic carbocycles. The Balaban J connectivity index is 2.43. The maximum atomic E-state index is 11.5. The Morgan fingerprint density at radius 1 is 1.69 bits per heavy atom. The van der Waals surface area contributed by atoms with Crippen molar-refractivity contribution in [2.24, 2.45) is 11.7 Å². The smallest absolute Gasteiger partial charge is 0.225 e. The van der Waals surface area contributed by atoms with Crippen LogP contribution in [0.5, 0.6) is 0 Å². The molecule has 0 aliphatic rings. The second-order valence-corrected chi connectivity index (χ2v) is 4.12. The molecule has 1 rings (SSSR count). The summed E-state index contributed by atoms with van der Waals surface area (Å²) in [7, 11) is 0. The second kappa shape index (κ2) is 6.27. The van der Waals surface area contributed by atoms with Crippen molar-refractivity contribution in [1.82, 2.24) is 10.2 Å². The predicted molar refractivity (Wildman–Crippen MR) is 64.0 cm³/mol. The van der Waals surface area contributed by atoms with Crippen molar-refractivity contribution in [3.8, 4) is 0 Å². The highest BCUT2D eigenvalue weighted by Gasteiger charge is 2.09. The Hall–Kier alpha value is -1.36. The van der Waals surface area contributed by atoms with Crippen LogP contribution >= 0.6 is 0 Å². The molecule has 0 spiro atoms. The lowest BCUT2D eigenvalue weighted by Gasteiger charge is -2.06.